The Hall–Kier alpha value is -1.92. The van der Waals surface area contributed by atoms with Crippen molar-refractivity contribution in [2.75, 3.05) is 6.54 Å². The van der Waals surface area contributed by atoms with E-state index < -0.39 is 30.1 Å². The van der Waals surface area contributed by atoms with Crippen LogP contribution in [0, 0.1) is 0 Å². The van der Waals surface area contributed by atoms with Crippen LogP contribution in [0.4, 0.5) is 0 Å². The molecule has 0 saturated carbocycles. The number of nitrogens with two attached hydrogens (primary N) is 1. The van der Waals surface area contributed by atoms with Crippen LogP contribution < -0.4 is 5.73 Å². The fraction of sp³-hybridized carbons (Fsp3) is 0.429. The number of nitrogens with zero attached hydrogens (tertiary/aromatic N) is 1. The number of aliphatic hydroxyl groups excluding tert-OH is 1. The number of carboxylic acid groups (broad SMARTS) is 1. The van der Waals surface area contributed by atoms with Gasteiger partial charge in [-0.25, -0.2) is 4.79 Å². The molecule has 0 aliphatic carbocycles. The highest BCUT2D eigenvalue weighted by Gasteiger charge is 2.40. The van der Waals surface area contributed by atoms with Crippen molar-refractivity contribution in [3.63, 3.8) is 0 Å². The van der Waals surface area contributed by atoms with Crippen LogP contribution in [0.1, 0.15) is 12.0 Å². The molecule has 1 aliphatic heterocycles. The molecule has 6 nitrogen and oxygen atoms in total. The van der Waals surface area contributed by atoms with Crippen LogP contribution in [0.2, 0.25) is 0 Å². The van der Waals surface area contributed by atoms with Crippen LogP contribution in [-0.2, 0) is 16.0 Å². The first-order valence-corrected chi connectivity index (χ1v) is 6.50. The molecule has 6 heteroatoms. The van der Waals surface area contributed by atoms with Crippen LogP contribution in [-0.4, -0.2) is 51.7 Å². The number of likely N-dealkylation sites (tertiary alicyclic amines) is 1. The number of β-amino-alcohol motifs (C(OH)–C–C–N with tert-alkyl or cyclic N) is 1. The molecule has 3 atom stereocenters. The van der Waals surface area contributed by atoms with Crippen molar-refractivity contribution in [1.82, 2.24) is 4.90 Å². The highest BCUT2D eigenvalue weighted by Crippen LogP contribution is 2.19. The monoisotopic (exact) mass is 278 g/mol. The van der Waals surface area contributed by atoms with E-state index in [0.717, 1.165) is 5.56 Å². The Labute approximate surface area is 116 Å². The van der Waals surface area contributed by atoms with Crippen LogP contribution in [0.3, 0.4) is 0 Å². The number of amides is 1. The molecule has 1 aromatic carbocycles. The van der Waals surface area contributed by atoms with Gasteiger partial charge in [-0.3, -0.25) is 4.79 Å². The number of carbonyl (C=O) groups excluding carboxylic acids is 1. The molecule has 2 rings (SSSR count). The average Bonchev–Trinajstić information content (AvgIpc) is 2.81. The van der Waals surface area contributed by atoms with Crippen molar-refractivity contribution < 1.29 is 19.8 Å². The highest BCUT2D eigenvalue weighted by molar-refractivity contribution is 5.87. The molecular formula is C14H18N2O4. The Morgan fingerprint density at radius 3 is 2.60 bits per heavy atom. The lowest BCUT2D eigenvalue weighted by molar-refractivity contribution is -0.148. The number of rotatable bonds is 4. The molecule has 1 fully saturated rings. The zero-order valence-electron chi connectivity index (χ0n) is 11.0. The molecule has 0 aromatic heterocycles. The molecule has 0 unspecified atom stereocenters. The van der Waals surface area contributed by atoms with Gasteiger partial charge in [-0.1, -0.05) is 30.3 Å². The summed E-state index contributed by atoms with van der Waals surface area (Å²) in [5.74, 6) is -1.54. The fourth-order valence-corrected chi connectivity index (χ4v) is 2.46. The summed E-state index contributed by atoms with van der Waals surface area (Å²) in [6.07, 6.45) is -0.401. The van der Waals surface area contributed by atoms with Gasteiger partial charge in [0.1, 0.15) is 6.04 Å². The predicted molar refractivity (Wildman–Crippen MR) is 71.9 cm³/mol. The lowest BCUT2D eigenvalue weighted by Gasteiger charge is -2.24. The SMILES string of the molecule is N[C@@H](Cc1ccccc1)C(=O)N1C[C@H](O)C[C@@H]1C(=O)O. The maximum absolute atomic E-state index is 12.2. The lowest BCUT2D eigenvalue weighted by Crippen LogP contribution is -2.49. The van der Waals surface area contributed by atoms with E-state index in [-0.39, 0.29) is 13.0 Å². The standard InChI is InChI=1S/C14H18N2O4/c15-11(6-9-4-2-1-3-5-9)13(18)16-8-10(17)7-12(16)14(19)20/h1-5,10-12,17H,6-8,15H2,(H,19,20)/t10-,11+,12-/m1/s1. The summed E-state index contributed by atoms with van der Waals surface area (Å²) in [7, 11) is 0. The maximum atomic E-state index is 12.2. The zero-order valence-corrected chi connectivity index (χ0v) is 11.0. The van der Waals surface area contributed by atoms with Gasteiger partial charge in [0.15, 0.2) is 0 Å². The largest absolute Gasteiger partial charge is 0.480 e. The number of hydrogen-bond acceptors (Lipinski definition) is 4. The van der Waals surface area contributed by atoms with E-state index in [0.29, 0.717) is 6.42 Å². The fourth-order valence-electron chi connectivity index (χ4n) is 2.46. The van der Waals surface area contributed by atoms with Gasteiger partial charge in [0, 0.05) is 13.0 Å². The van der Waals surface area contributed by atoms with E-state index in [1.165, 1.54) is 4.90 Å². The molecule has 20 heavy (non-hydrogen) atoms. The Kier molecular flexibility index (Phi) is 4.36. The normalized spacial score (nSPS) is 23.6. The van der Waals surface area contributed by atoms with Crippen molar-refractivity contribution in [2.24, 2.45) is 5.73 Å². The van der Waals surface area contributed by atoms with Crippen molar-refractivity contribution in [1.29, 1.82) is 0 Å². The number of benzene rings is 1. The van der Waals surface area contributed by atoms with Crippen LogP contribution in [0.15, 0.2) is 30.3 Å². The van der Waals surface area contributed by atoms with Gasteiger partial charge in [-0.2, -0.15) is 0 Å². The van der Waals surface area contributed by atoms with Gasteiger partial charge in [-0.05, 0) is 12.0 Å². The second kappa shape index (κ2) is 6.02. The third kappa shape index (κ3) is 3.15. The molecule has 0 spiro atoms. The number of carboxylic acids is 1. The Balaban J connectivity index is 2.04. The number of aliphatic carboxylic acids is 1. The van der Waals surface area contributed by atoms with Gasteiger partial charge in [0.25, 0.3) is 0 Å². The van der Waals surface area contributed by atoms with Gasteiger partial charge < -0.3 is 20.8 Å². The zero-order chi connectivity index (χ0) is 14.7. The summed E-state index contributed by atoms with van der Waals surface area (Å²) in [5, 5.41) is 18.6. The minimum atomic E-state index is -1.11. The van der Waals surface area contributed by atoms with E-state index in [4.69, 9.17) is 10.8 Å². The van der Waals surface area contributed by atoms with E-state index in [1.807, 2.05) is 30.3 Å². The number of aliphatic hydroxyl groups is 1. The average molecular weight is 278 g/mol. The minimum Gasteiger partial charge on any atom is -0.480 e. The molecule has 0 bridgehead atoms. The van der Waals surface area contributed by atoms with E-state index >= 15 is 0 Å². The van der Waals surface area contributed by atoms with Crippen LogP contribution in [0.5, 0.6) is 0 Å². The number of carbonyl (C=O) groups is 2. The van der Waals surface area contributed by atoms with Crippen LogP contribution in [0.25, 0.3) is 0 Å². The molecular weight excluding hydrogens is 260 g/mol. The van der Waals surface area contributed by atoms with Gasteiger partial charge in [-0.15, -0.1) is 0 Å². The summed E-state index contributed by atoms with van der Waals surface area (Å²) >= 11 is 0. The van der Waals surface area contributed by atoms with Gasteiger partial charge in [0.2, 0.25) is 5.91 Å². The predicted octanol–water partition coefficient (Wildman–Crippen LogP) is -0.397. The number of hydrogen-bond donors (Lipinski definition) is 3. The van der Waals surface area contributed by atoms with E-state index in [1.54, 1.807) is 0 Å². The molecule has 1 saturated heterocycles. The molecule has 4 N–H and O–H groups in total. The molecule has 1 amide bonds. The van der Waals surface area contributed by atoms with Gasteiger partial charge >= 0.3 is 5.97 Å². The minimum absolute atomic E-state index is 0.0261. The van der Waals surface area contributed by atoms with Gasteiger partial charge in [0.05, 0.1) is 12.1 Å². The third-order valence-electron chi connectivity index (χ3n) is 3.46. The molecule has 1 heterocycles. The topological polar surface area (TPSA) is 104 Å². The van der Waals surface area contributed by atoms with Crippen molar-refractivity contribution in [3.05, 3.63) is 35.9 Å². The summed E-state index contributed by atoms with van der Waals surface area (Å²) in [5.41, 5.74) is 6.79. The first-order chi connectivity index (χ1) is 9.49. The van der Waals surface area contributed by atoms with E-state index in [2.05, 4.69) is 0 Å². The van der Waals surface area contributed by atoms with Crippen molar-refractivity contribution >= 4 is 11.9 Å². The maximum Gasteiger partial charge on any atom is 0.326 e. The Bertz CT molecular complexity index is 491. The molecule has 108 valence electrons. The second-order valence-corrected chi connectivity index (χ2v) is 5.03. The summed E-state index contributed by atoms with van der Waals surface area (Å²) < 4.78 is 0. The van der Waals surface area contributed by atoms with Crippen molar-refractivity contribution in [2.45, 2.75) is 31.0 Å². The lowest BCUT2D eigenvalue weighted by atomic mass is 10.1. The first-order valence-electron chi connectivity index (χ1n) is 6.50. The summed E-state index contributed by atoms with van der Waals surface area (Å²) in [6, 6.07) is 7.51. The summed E-state index contributed by atoms with van der Waals surface area (Å²) in [4.78, 5) is 24.5. The quantitative estimate of drug-likeness (QED) is 0.695. The summed E-state index contributed by atoms with van der Waals surface area (Å²) in [6.45, 7) is 0.0261. The molecule has 0 radical (unpaired) electrons. The molecule has 1 aliphatic rings. The highest BCUT2D eigenvalue weighted by atomic mass is 16.4. The molecule has 1 aromatic rings. The van der Waals surface area contributed by atoms with E-state index in [9.17, 15) is 14.7 Å². The van der Waals surface area contributed by atoms with Crippen molar-refractivity contribution in [3.8, 4) is 0 Å². The first kappa shape index (κ1) is 14.5. The Morgan fingerprint density at radius 1 is 1.35 bits per heavy atom. The second-order valence-electron chi connectivity index (χ2n) is 5.03. The third-order valence-corrected chi connectivity index (χ3v) is 3.46. The Morgan fingerprint density at radius 2 is 2.00 bits per heavy atom. The smallest absolute Gasteiger partial charge is 0.326 e. The van der Waals surface area contributed by atoms with Crippen LogP contribution >= 0.6 is 0 Å².